The highest BCUT2D eigenvalue weighted by Crippen LogP contribution is 2.26. The van der Waals surface area contributed by atoms with E-state index in [0.29, 0.717) is 25.7 Å². The number of carboxylic acids is 1. The number of ether oxygens (including phenoxy) is 5. The third-order valence-corrected chi connectivity index (χ3v) is 12.4. The minimum Gasteiger partial charge on any atom is -0.479 e. The van der Waals surface area contributed by atoms with E-state index < -0.39 is 67.3 Å². The minimum absolute atomic E-state index is 0.0236. The molecule has 1 saturated heterocycles. The summed E-state index contributed by atoms with van der Waals surface area (Å²) in [5.41, 5.74) is 0. The molecule has 12 heteroatoms. The number of aliphatic hydroxyl groups is 2. The van der Waals surface area contributed by atoms with Gasteiger partial charge in [0.15, 0.2) is 24.6 Å². The largest absolute Gasteiger partial charge is 0.479 e. The van der Waals surface area contributed by atoms with E-state index in [9.17, 15) is 34.5 Å². The Labute approximate surface area is 476 Å². The number of allylic oxidation sites excluding steroid dienone is 24. The summed E-state index contributed by atoms with van der Waals surface area (Å²) in [4.78, 5) is 51.2. The van der Waals surface area contributed by atoms with E-state index in [-0.39, 0.29) is 25.9 Å². The van der Waals surface area contributed by atoms with Crippen molar-refractivity contribution in [2.45, 2.75) is 237 Å². The molecule has 0 spiro atoms. The molecule has 0 aromatic heterocycles. The second kappa shape index (κ2) is 53.3. The highest BCUT2D eigenvalue weighted by atomic mass is 16.7. The van der Waals surface area contributed by atoms with Crippen molar-refractivity contribution in [1.29, 1.82) is 0 Å². The molecule has 1 heterocycles. The Morgan fingerprint density at radius 3 is 1.19 bits per heavy atom. The molecule has 442 valence electrons. The normalized spacial score (nSPS) is 18.9. The van der Waals surface area contributed by atoms with Crippen LogP contribution in [0.1, 0.15) is 201 Å². The minimum atomic E-state index is -1.93. The number of hydrogen-bond donors (Lipinski definition) is 3. The van der Waals surface area contributed by atoms with Gasteiger partial charge in [-0.2, -0.15) is 0 Å². The Hall–Kier alpha value is -5.40. The van der Waals surface area contributed by atoms with Crippen molar-refractivity contribution < 1.29 is 58.2 Å². The molecule has 0 bridgehead atoms. The van der Waals surface area contributed by atoms with Crippen LogP contribution >= 0.6 is 0 Å². The molecule has 0 aromatic carbocycles. The van der Waals surface area contributed by atoms with Crippen LogP contribution < -0.4 is 0 Å². The van der Waals surface area contributed by atoms with Crippen LogP contribution in [-0.4, -0.2) is 89.2 Å². The van der Waals surface area contributed by atoms with Gasteiger partial charge in [0, 0.05) is 19.3 Å². The molecule has 0 radical (unpaired) electrons. The van der Waals surface area contributed by atoms with Crippen molar-refractivity contribution in [2.24, 2.45) is 0 Å². The molecule has 0 aliphatic carbocycles. The second-order valence-electron chi connectivity index (χ2n) is 19.5. The molecular weight excluding hydrogens is 997 g/mol. The lowest BCUT2D eigenvalue weighted by molar-refractivity contribution is -0.301. The summed E-state index contributed by atoms with van der Waals surface area (Å²) in [5.74, 6) is -3.28. The van der Waals surface area contributed by atoms with Gasteiger partial charge in [0.25, 0.3) is 0 Å². The summed E-state index contributed by atoms with van der Waals surface area (Å²) in [7, 11) is 0. The first-order chi connectivity index (χ1) is 38.6. The van der Waals surface area contributed by atoms with Gasteiger partial charge in [0.05, 0.1) is 6.61 Å². The molecular formula is C67H102O12. The van der Waals surface area contributed by atoms with Gasteiger partial charge in [0.1, 0.15) is 18.8 Å². The number of carbonyl (C=O) groups is 4. The predicted octanol–water partition coefficient (Wildman–Crippen LogP) is 15.6. The van der Waals surface area contributed by atoms with E-state index in [1.165, 1.54) is 0 Å². The fourth-order valence-electron chi connectivity index (χ4n) is 7.94. The average molecular weight is 1100 g/mol. The van der Waals surface area contributed by atoms with Crippen LogP contribution in [0.15, 0.2) is 146 Å². The van der Waals surface area contributed by atoms with Gasteiger partial charge in [-0.15, -0.1) is 0 Å². The summed E-state index contributed by atoms with van der Waals surface area (Å²) in [5, 5.41) is 31.5. The van der Waals surface area contributed by atoms with Crippen LogP contribution in [0.4, 0.5) is 0 Å². The van der Waals surface area contributed by atoms with Gasteiger partial charge in [-0.1, -0.05) is 199 Å². The van der Waals surface area contributed by atoms with Gasteiger partial charge in [-0.05, 0) is 128 Å². The molecule has 6 atom stereocenters. The maximum Gasteiger partial charge on any atom is 0.335 e. The molecule has 6 unspecified atom stereocenters. The van der Waals surface area contributed by atoms with Gasteiger partial charge in [-0.25, -0.2) is 4.79 Å². The van der Waals surface area contributed by atoms with Crippen molar-refractivity contribution in [3.63, 3.8) is 0 Å². The van der Waals surface area contributed by atoms with Gasteiger partial charge >= 0.3 is 23.9 Å². The number of carboxylic acid groups (broad SMARTS) is 1. The van der Waals surface area contributed by atoms with Crippen LogP contribution in [0, 0.1) is 0 Å². The monoisotopic (exact) mass is 1100 g/mol. The molecule has 1 aliphatic rings. The Morgan fingerprint density at radius 2 is 0.772 bits per heavy atom. The first kappa shape index (κ1) is 71.6. The highest BCUT2D eigenvalue weighted by Gasteiger charge is 2.50. The first-order valence-corrected chi connectivity index (χ1v) is 29.8. The Bertz CT molecular complexity index is 1930. The molecule has 79 heavy (non-hydrogen) atoms. The molecule has 12 nitrogen and oxygen atoms in total. The molecule has 1 rings (SSSR count). The average Bonchev–Trinajstić information content (AvgIpc) is 3.46. The number of hydrogen-bond acceptors (Lipinski definition) is 11. The molecule has 3 N–H and O–H groups in total. The summed E-state index contributed by atoms with van der Waals surface area (Å²) < 4.78 is 28.3. The number of aliphatic hydroxyl groups excluding tert-OH is 2. The van der Waals surface area contributed by atoms with Crippen molar-refractivity contribution in [3.05, 3.63) is 146 Å². The van der Waals surface area contributed by atoms with E-state index in [1.54, 1.807) is 0 Å². The summed E-state index contributed by atoms with van der Waals surface area (Å²) in [6.07, 6.45) is 63.9. The number of carbonyl (C=O) groups excluding carboxylic acids is 3. The van der Waals surface area contributed by atoms with Gasteiger partial charge < -0.3 is 39.0 Å². The molecule has 0 aromatic rings. The lowest BCUT2D eigenvalue weighted by Crippen LogP contribution is -2.61. The quantitative estimate of drug-likeness (QED) is 0.0228. The van der Waals surface area contributed by atoms with Crippen LogP contribution in [0.5, 0.6) is 0 Å². The van der Waals surface area contributed by atoms with Crippen molar-refractivity contribution >= 4 is 23.9 Å². The third-order valence-electron chi connectivity index (χ3n) is 12.4. The SMILES string of the molecule is CC/C=C\C/C=C\C/C=C\C/C=C\C/C=C\CCCC(=O)OCC(COC1OC(C(=O)O)C(O)C(O)C1OC(=O)CCCCCCC/C=C\C/C=C\C/C=C\CC)OC(=O)CCCCCC/C=C\C/C=C\C/C=C\C/C=C\CC. The lowest BCUT2D eigenvalue weighted by atomic mass is 9.98. The maximum atomic E-state index is 13.2. The van der Waals surface area contributed by atoms with E-state index in [0.717, 1.165) is 135 Å². The van der Waals surface area contributed by atoms with Crippen LogP contribution in [0.3, 0.4) is 0 Å². The third kappa shape index (κ3) is 43.1. The highest BCUT2D eigenvalue weighted by molar-refractivity contribution is 5.74. The van der Waals surface area contributed by atoms with E-state index >= 15 is 0 Å². The summed E-state index contributed by atoms with van der Waals surface area (Å²) in [6.45, 7) is 5.56. The molecule has 1 fully saturated rings. The Morgan fingerprint density at radius 1 is 0.418 bits per heavy atom. The van der Waals surface area contributed by atoms with E-state index in [4.69, 9.17) is 23.7 Å². The molecule has 0 saturated carbocycles. The maximum absolute atomic E-state index is 13.2. The standard InChI is InChI=1S/C67H102O12/c1-4-7-10-13-16-19-22-25-28-30-33-35-38-41-44-47-50-53-59(68)75-56-58(77-60(69)54-51-48-45-42-39-37-34-31-29-26-23-20-17-14-11-8-5-2)57-76-67-65(63(72)62(71)64(79-67)66(73)74)78-61(70)55-52-49-46-43-40-36-32-27-24-21-18-15-12-9-6-3/h7-12,16-21,25-29,32-35,37,41,44,58,62-65,67,71-72H,4-6,13-15,22-24,30-31,36,38-40,42-43,45-57H2,1-3H3,(H,73,74)/b10-7-,11-8-,12-9-,19-16-,20-17-,21-18-,28-25-,29-26-,32-27-,35-33-,37-34-,44-41-. The Kier molecular flexibility index (Phi) is 48.3. The van der Waals surface area contributed by atoms with Gasteiger partial charge in [0.2, 0.25) is 0 Å². The summed E-state index contributed by atoms with van der Waals surface area (Å²) in [6, 6.07) is 0. The number of unbranched alkanes of at least 4 members (excludes halogenated alkanes) is 10. The second-order valence-corrected chi connectivity index (χ2v) is 19.5. The predicted molar refractivity (Wildman–Crippen MR) is 321 cm³/mol. The van der Waals surface area contributed by atoms with Crippen molar-refractivity contribution in [2.75, 3.05) is 13.2 Å². The zero-order valence-electron chi connectivity index (χ0n) is 48.5. The topological polar surface area (TPSA) is 175 Å². The van der Waals surface area contributed by atoms with Crippen LogP contribution in [0.25, 0.3) is 0 Å². The van der Waals surface area contributed by atoms with Crippen molar-refractivity contribution in [1.82, 2.24) is 0 Å². The fourth-order valence-corrected chi connectivity index (χ4v) is 7.94. The fraction of sp³-hybridized carbons (Fsp3) is 0.582. The van der Waals surface area contributed by atoms with Gasteiger partial charge in [-0.3, -0.25) is 14.4 Å². The summed E-state index contributed by atoms with van der Waals surface area (Å²) >= 11 is 0. The molecule has 1 aliphatic heterocycles. The number of aliphatic carboxylic acids is 1. The lowest BCUT2D eigenvalue weighted by Gasteiger charge is -2.40. The van der Waals surface area contributed by atoms with Crippen LogP contribution in [0.2, 0.25) is 0 Å². The zero-order chi connectivity index (χ0) is 57.5. The number of rotatable bonds is 48. The molecule has 0 amide bonds. The zero-order valence-corrected chi connectivity index (χ0v) is 48.5. The van der Waals surface area contributed by atoms with E-state index in [2.05, 4.69) is 161 Å². The smallest absolute Gasteiger partial charge is 0.335 e. The first-order valence-electron chi connectivity index (χ1n) is 29.8. The van der Waals surface area contributed by atoms with E-state index in [1.807, 2.05) is 6.08 Å². The van der Waals surface area contributed by atoms with Crippen LogP contribution in [-0.2, 0) is 42.9 Å². The Balaban J connectivity index is 2.77. The number of esters is 3. The van der Waals surface area contributed by atoms with Crippen molar-refractivity contribution in [3.8, 4) is 0 Å².